The third-order valence-corrected chi connectivity index (χ3v) is 4.51. The van der Waals surface area contributed by atoms with Gasteiger partial charge in [-0.25, -0.2) is 0 Å². The number of rotatable bonds is 8. The summed E-state index contributed by atoms with van der Waals surface area (Å²) in [5, 5.41) is 12.8. The number of likely N-dealkylation sites (N-methyl/N-ethyl adjacent to an activating group) is 1. The van der Waals surface area contributed by atoms with E-state index in [1.807, 2.05) is 6.92 Å². The molecule has 0 aromatic heterocycles. The van der Waals surface area contributed by atoms with Crippen LogP contribution in [0.4, 0.5) is 0 Å². The highest BCUT2D eigenvalue weighted by molar-refractivity contribution is 5.79. The summed E-state index contributed by atoms with van der Waals surface area (Å²) in [6.45, 7) is 9.58. The number of carboxylic acids is 1. The summed E-state index contributed by atoms with van der Waals surface area (Å²) >= 11 is 0. The van der Waals surface area contributed by atoms with Gasteiger partial charge in [-0.05, 0) is 52.0 Å². The molecule has 0 aliphatic heterocycles. The van der Waals surface area contributed by atoms with Gasteiger partial charge in [0, 0.05) is 6.61 Å². The molecule has 2 N–H and O–H groups in total. The zero-order chi connectivity index (χ0) is 14.5. The summed E-state index contributed by atoms with van der Waals surface area (Å²) in [5.41, 5.74) is -0.836. The third kappa shape index (κ3) is 3.93. The highest BCUT2D eigenvalue weighted by atomic mass is 16.5. The third-order valence-electron chi connectivity index (χ3n) is 4.51. The van der Waals surface area contributed by atoms with Crippen molar-refractivity contribution in [1.29, 1.82) is 0 Å². The summed E-state index contributed by atoms with van der Waals surface area (Å²) < 4.78 is 5.87. The van der Waals surface area contributed by atoms with E-state index in [2.05, 4.69) is 26.1 Å². The first-order chi connectivity index (χ1) is 8.88. The Morgan fingerprint density at radius 1 is 1.47 bits per heavy atom. The minimum absolute atomic E-state index is 0.108. The van der Waals surface area contributed by atoms with Crippen LogP contribution in [0.15, 0.2) is 0 Å². The molecule has 0 heterocycles. The molecule has 1 saturated carbocycles. The van der Waals surface area contributed by atoms with Gasteiger partial charge in [0.25, 0.3) is 0 Å². The Hall–Kier alpha value is -0.610. The van der Waals surface area contributed by atoms with Gasteiger partial charge in [-0.15, -0.1) is 0 Å². The van der Waals surface area contributed by atoms with Crippen LogP contribution in [0.25, 0.3) is 0 Å². The van der Waals surface area contributed by atoms with Crippen molar-refractivity contribution in [2.24, 2.45) is 5.92 Å². The number of carboxylic acid groups (broad SMARTS) is 1. The fourth-order valence-electron chi connectivity index (χ4n) is 2.95. The lowest BCUT2D eigenvalue weighted by atomic mass is 9.84. The Morgan fingerprint density at radius 2 is 2.16 bits per heavy atom. The van der Waals surface area contributed by atoms with E-state index >= 15 is 0 Å². The Balaban J connectivity index is 2.58. The molecule has 112 valence electrons. The molecule has 0 spiro atoms. The van der Waals surface area contributed by atoms with Crippen molar-refractivity contribution < 1.29 is 14.6 Å². The van der Waals surface area contributed by atoms with Gasteiger partial charge in [-0.1, -0.05) is 20.3 Å². The average Bonchev–Trinajstić information content (AvgIpc) is 2.74. The van der Waals surface area contributed by atoms with Crippen LogP contribution in [0.2, 0.25) is 0 Å². The van der Waals surface area contributed by atoms with Crippen LogP contribution in [-0.2, 0) is 9.53 Å². The molecule has 0 aromatic rings. The smallest absolute Gasteiger partial charge is 0.324 e. The molecule has 1 aliphatic carbocycles. The maximum absolute atomic E-state index is 11.6. The van der Waals surface area contributed by atoms with Gasteiger partial charge in [0.05, 0.1) is 5.60 Å². The minimum atomic E-state index is -0.728. The van der Waals surface area contributed by atoms with Crippen LogP contribution in [0.3, 0.4) is 0 Å². The van der Waals surface area contributed by atoms with Crippen molar-refractivity contribution in [2.45, 2.75) is 70.9 Å². The molecular weight excluding hydrogens is 242 g/mol. The Morgan fingerprint density at radius 3 is 2.68 bits per heavy atom. The number of nitrogens with one attached hydrogen (secondary N) is 1. The molecule has 0 saturated heterocycles. The normalized spacial score (nSPS) is 27.7. The van der Waals surface area contributed by atoms with E-state index in [1.54, 1.807) is 0 Å². The lowest BCUT2D eigenvalue weighted by Gasteiger charge is -2.33. The Labute approximate surface area is 116 Å². The molecule has 19 heavy (non-hydrogen) atoms. The zero-order valence-corrected chi connectivity index (χ0v) is 12.8. The molecule has 0 radical (unpaired) electrons. The zero-order valence-electron chi connectivity index (χ0n) is 12.8. The maximum atomic E-state index is 11.6. The molecule has 2 unspecified atom stereocenters. The van der Waals surface area contributed by atoms with E-state index in [0.717, 1.165) is 32.1 Å². The lowest BCUT2D eigenvalue weighted by molar-refractivity contribution is -0.147. The summed E-state index contributed by atoms with van der Waals surface area (Å²) in [4.78, 5) is 11.6. The van der Waals surface area contributed by atoms with E-state index < -0.39 is 11.5 Å². The van der Waals surface area contributed by atoms with Crippen LogP contribution in [0.5, 0.6) is 0 Å². The molecule has 1 fully saturated rings. The molecule has 1 rings (SSSR count). The standard InChI is InChI=1S/C15H29NO3/c1-5-14(3,4)19-11-9-12-8-7-10-15(12,13(17)18)16-6-2/h12,16H,5-11H2,1-4H3,(H,17,18). The summed E-state index contributed by atoms with van der Waals surface area (Å²) in [7, 11) is 0. The van der Waals surface area contributed by atoms with Gasteiger partial charge in [-0.3, -0.25) is 4.79 Å². The van der Waals surface area contributed by atoms with Gasteiger partial charge in [0.1, 0.15) is 5.54 Å². The summed E-state index contributed by atoms with van der Waals surface area (Å²) in [5.74, 6) is -0.524. The first-order valence-corrected chi connectivity index (χ1v) is 7.50. The molecule has 1 aliphatic rings. The Kier molecular flexibility index (Phi) is 5.81. The molecular formula is C15H29NO3. The monoisotopic (exact) mass is 271 g/mol. The number of carbonyl (C=O) groups is 1. The number of aliphatic carboxylic acids is 1. The van der Waals surface area contributed by atoms with E-state index in [0.29, 0.717) is 13.2 Å². The van der Waals surface area contributed by atoms with Gasteiger partial charge in [-0.2, -0.15) is 0 Å². The van der Waals surface area contributed by atoms with Crippen molar-refractivity contribution in [2.75, 3.05) is 13.2 Å². The predicted molar refractivity (Wildman–Crippen MR) is 76.3 cm³/mol. The fourth-order valence-corrected chi connectivity index (χ4v) is 2.95. The van der Waals surface area contributed by atoms with Gasteiger partial charge >= 0.3 is 5.97 Å². The second-order valence-corrected chi connectivity index (χ2v) is 6.15. The highest BCUT2D eigenvalue weighted by Crippen LogP contribution is 2.38. The Bertz CT molecular complexity index is 304. The molecule has 4 heteroatoms. The van der Waals surface area contributed by atoms with Crippen molar-refractivity contribution in [1.82, 2.24) is 5.32 Å². The highest BCUT2D eigenvalue weighted by Gasteiger charge is 2.48. The van der Waals surface area contributed by atoms with Gasteiger partial charge < -0.3 is 15.2 Å². The van der Waals surface area contributed by atoms with Crippen molar-refractivity contribution in [3.63, 3.8) is 0 Å². The average molecular weight is 271 g/mol. The van der Waals surface area contributed by atoms with Crippen LogP contribution >= 0.6 is 0 Å². The SMILES string of the molecule is CCNC1(C(=O)O)CCCC1CCOC(C)(C)CC. The first-order valence-electron chi connectivity index (χ1n) is 7.50. The van der Waals surface area contributed by atoms with Crippen LogP contribution in [-0.4, -0.2) is 35.4 Å². The topological polar surface area (TPSA) is 58.6 Å². The number of hydrogen-bond donors (Lipinski definition) is 2. The molecule has 0 aromatic carbocycles. The second-order valence-electron chi connectivity index (χ2n) is 6.15. The van der Waals surface area contributed by atoms with Crippen LogP contribution in [0.1, 0.15) is 59.8 Å². The molecule has 0 bridgehead atoms. The maximum Gasteiger partial charge on any atom is 0.324 e. The van der Waals surface area contributed by atoms with E-state index in [-0.39, 0.29) is 11.5 Å². The van der Waals surface area contributed by atoms with Crippen molar-refractivity contribution in [3.05, 3.63) is 0 Å². The summed E-state index contributed by atoms with van der Waals surface area (Å²) in [6, 6.07) is 0. The quantitative estimate of drug-likeness (QED) is 0.712. The second kappa shape index (κ2) is 6.71. The fraction of sp³-hybridized carbons (Fsp3) is 0.933. The number of ether oxygens (including phenoxy) is 1. The molecule has 2 atom stereocenters. The molecule has 4 nitrogen and oxygen atoms in total. The van der Waals surface area contributed by atoms with Crippen molar-refractivity contribution in [3.8, 4) is 0 Å². The van der Waals surface area contributed by atoms with Gasteiger partial charge in [0.2, 0.25) is 0 Å². The lowest BCUT2D eigenvalue weighted by Crippen LogP contribution is -2.55. The van der Waals surface area contributed by atoms with Gasteiger partial charge in [0.15, 0.2) is 0 Å². The van der Waals surface area contributed by atoms with E-state index in [1.165, 1.54) is 0 Å². The first kappa shape index (κ1) is 16.4. The molecule has 0 amide bonds. The van der Waals surface area contributed by atoms with Crippen molar-refractivity contribution >= 4 is 5.97 Å². The number of hydrogen-bond acceptors (Lipinski definition) is 3. The van der Waals surface area contributed by atoms with E-state index in [9.17, 15) is 9.90 Å². The van der Waals surface area contributed by atoms with Crippen LogP contribution < -0.4 is 5.32 Å². The van der Waals surface area contributed by atoms with E-state index in [4.69, 9.17) is 4.74 Å². The van der Waals surface area contributed by atoms with Crippen LogP contribution in [0, 0.1) is 5.92 Å². The summed E-state index contributed by atoms with van der Waals surface area (Å²) in [6.07, 6.45) is 4.49. The minimum Gasteiger partial charge on any atom is -0.480 e. The largest absolute Gasteiger partial charge is 0.480 e. The predicted octanol–water partition coefficient (Wildman–Crippen LogP) is 2.81.